The van der Waals surface area contributed by atoms with E-state index in [0.29, 0.717) is 12.0 Å². The summed E-state index contributed by atoms with van der Waals surface area (Å²) in [6, 6.07) is 0.784. The maximum absolute atomic E-state index is 11.5. The van der Waals surface area contributed by atoms with Crippen molar-refractivity contribution in [3.8, 4) is 0 Å². The van der Waals surface area contributed by atoms with Gasteiger partial charge in [0.15, 0.2) is 5.82 Å². The van der Waals surface area contributed by atoms with Crippen molar-refractivity contribution >= 4 is 5.91 Å². The van der Waals surface area contributed by atoms with Crippen LogP contribution in [0.5, 0.6) is 0 Å². The van der Waals surface area contributed by atoms with Crippen molar-refractivity contribution in [3.05, 3.63) is 11.7 Å². The lowest BCUT2D eigenvalue weighted by molar-refractivity contribution is -0.130. The molecule has 2 aliphatic heterocycles. The van der Waals surface area contributed by atoms with E-state index in [9.17, 15) is 4.79 Å². The quantitative estimate of drug-likeness (QED) is 0.857. The number of piperidine rings is 1. The van der Waals surface area contributed by atoms with Gasteiger partial charge in [-0.1, -0.05) is 19.0 Å². The summed E-state index contributed by atoms with van der Waals surface area (Å²) < 4.78 is 5.52. The first-order valence-electron chi connectivity index (χ1n) is 8.41. The van der Waals surface area contributed by atoms with Crippen LogP contribution in [0.2, 0.25) is 0 Å². The van der Waals surface area contributed by atoms with E-state index in [4.69, 9.17) is 4.52 Å². The van der Waals surface area contributed by atoms with Gasteiger partial charge in [-0.2, -0.15) is 4.98 Å². The van der Waals surface area contributed by atoms with Gasteiger partial charge >= 0.3 is 0 Å². The predicted octanol–water partition coefficient (Wildman–Crippen LogP) is 2.34. The number of hydrogen-bond acceptors (Lipinski definition) is 5. The smallest absolute Gasteiger partial charge is 0.244 e. The molecule has 0 saturated carbocycles. The molecule has 122 valence electrons. The molecule has 0 N–H and O–H groups in total. The largest absolute Gasteiger partial charge is 0.343 e. The van der Waals surface area contributed by atoms with Crippen molar-refractivity contribution in [2.24, 2.45) is 0 Å². The predicted molar refractivity (Wildman–Crippen MR) is 82.3 cm³/mol. The van der Waals surface area contributed by atoms with E-state index < -0.39 is 0 Å². The van der Waals surface area contributed by atoms with Crippen LogP contribution in [0.1, 0.15) is 70.1 Å². The number of nitrogens with zero attached hydrogens (tertiary/aromatic N) is 4. The summed E-state index contributed by atoms with van der Waals surface area (Å²) in [5, 5.41) is 4.11. The molecule has 1 aromatic rings. The monoisotopic (exact) mass is 306 g/mol. The zero-order valence-corrected chi connectivity index (χ0v) is 13.8. The molecule has 3 heterocycles. The third-order valence-corrected chi connectivity index (χ3v) is 4.93. The molecule has 0 aliphatic carbocycles. The van der Waals surface area contributed by atoms with E-state index in [2.05, 4.69) is 28.9 Å². The van der Waals surface area contributed by atoms with Gasteiger partial charge in [0.2, 0.25) is 11.8 Å². The summed E-state index contributed by atoms with van der Waals surface area (Å²) in [6.45, 7) is 8.64. The fraction of sp³-hybridized carbons (Fsp3) is 0.812. The Hall–Kier alpha value is -1.43. The van der Waals surface area contributed by atoms with Gasteiger partial charge in [-0.3, -0.25) is 9.69 Å². The molecule has 2 fully saturated rings. The normalized spacial score (nSPS) is 24.4. The first-order chi connectivity index (χ1) is 10.6. The van der Waals surface area contributed by atoms with Gasteiger partial charge < -0.3 is 9.42 Å². The maximum atomic E-state index is 11.5. The summed E-state index contributed by atoms with van der Waals surface area (Å²) in [4.78, 5) is 20.5. The fourth-order valence-corrected chi connectivity index (χ4v) is 3.62. The zero-order chi connectivity index (χ0) is 15.7. The molecule has 1 amide bonds. The van der Waals surface area contributed by atoms with Crippen molar-refractivity contribution in [1.82, 2.24) is 19.9 Å². The van der Waals surface area contributed by atoms with Crippen LogP contribution in [-0.4, -0.2) is 51.5 Å². The van der Waals surface area contributed by atoms with E-state index in [1.54, 1.807) is 6.92 Å². The highest BCUT2D eigenvalue weighted by Gasteiger charge is 2.37. The molecular formula is C16H26N4O2. The summed E-state index contributed by atoms with van der Waals surface area (Å²) in [5.74, 6) is 2.06. The molecule has 0 unspecified atom stereocenters. The van der Waals surface area contributed by atoms with E-state index in [-0.39, 0.29) is 11.9 Å². The van der Waals surface area contributed by atoms with Gasteiger partial charge in [-0.05, 0) is 32.2 Å². The van der Waals surface area contributed by atoms with Gasteiger partial charge in [0.05, 0.1) is 6.04 Å². The average molecular weight is 306 g/mol. The van der Waals surface area contributed by atoms with Crippen LogP contribution in [0, 0.1) is 0 Å². The summed E-state index contributed by atoms with van der Waals surface area (Å²) in [5.41, 5.74) is 0. The Bertz CT molecular complexity index is 520. The molecule has 0 aromatic carbocycles. The van der Waals surface area contributed by atoms with Crippen LogP contribution < -0.4 is 0 Å². The standard InChI is InChI=1S/C16H26N4O2/c1-11(2)15-17-16(22-18-15)14-5-4-8-20(14)13-6-9-19(10-7-13)12(3)21/h11,13-14H,4-10H2,1-3H3/t14-/m1/s1. The van der Waals surface area contributed by atoms with Crippen molar-refractivity contribution < 1.29 is 9.32 Å². The Morgan fingerprint density at radius 3 is 2.55 bits per heavy atom. The van der Waals surface area contributed by atoms with Gasteiger partial charge in [-0.25, -0.2) is 0 Å². The van der Waals surface area contributed by atoms with Crippen LogP contribution in [0.15, 0.2) is 4.52 Å². The molecule has 1 aromatic heterocycles. The molecule has 2 saturated heterocycles. The van der Waals surface area contributed by atoms with Gasteiger partial charge in [0.25, 0.3) is 0 Å². The molecule has 6 heteroatoms. The fourth-order valence-electron chi connectivity index (χ4n) is 3.62. The number of likely N-dealkylation sites (tertiary alicyclic amines) is 2. The molecule has 22 heavy (non-hydrogen) atoms. The highest BCUT2D eigenvalue weighted by molar-refractivity contribution is 5.73. The lowest BCUT2D eigenvalue weighted by Gasteiger charge is -2.38. The van der Waals surface area contributed by atoms with Crippen LogP contribution in [-0.2, 0) is 4.79 Å². The van der Waals surface area contributed by atoms with Crippen LogP contribution in [0.4, 0.5) is 0 Å². The second-order valence-corrected chi connectivity index (χ2v) is 6.78. The van der Waals surface area contributed by atoms with Gasteiger partial charge in [0.1, 0.15) is 0 Å². The van der Waals surface area contributed by atoms with Crippen molar-refractivity contribution in [1.29, 1.82) is 0 Å². The second-order valence-electron chi connectivity index (χ2n) is 6.78. The first-order valence-corrected chi connectivity index (χ1v) is 8.41. The Kier molecular flexibility index (Phi) is 4.47. The molecule has 1 atom stereocenters. The third-order valence-electron chi connectivity index (χ3n) is 4.93. The van der Waals surface area contributed by atoms with Crippen LogP contribution >= 0.6 is 0 Å². The van der Waals surface area contributed by atoms with E-state index in [0.717, 1.165) is 50.6 Å². The molecule has 0 bridgehead atoms. The maximum Gasteiger partial charge on any atom is 0.244 e. The first kappa shape index (κ1) is 15.5. The minimum Gasteiger partial charge on any atom is -0.343 e. The number of carbonyl (C=O) groups excluding carboxylic acids is 1. The Morgan fingerprint density at radius 2 is 1.95 bits per heavy atom. The highest BCUT2D eigenvalue weighted by atomic mass is 16.5. The highest BCUT2D eigenvalue weighted by Crippen LogP contribution is 2.35. The van der Waals surface area contributed by atoms with Crippen LogP contribution in [0.25, 0.3) is 0 Å². The van der Waals surface area contributed by atoms with Crippen molar-refractivity contribution in [2.75, 3.05) is 19.6 Å². The molecule has 2 aliphatic rings. The number of rotatable bonds is 3. The molecule has 3 rings (SSSR count). The lowest BCUT2D eigenvalue weighted by Crippen LogP contribution is -2.46. The Morgan fingerprint density at radius 1 is 1.23 bits per heavy atom. The van der Waals surface area contributed by atoms with Crippen molar-refractivity contribution in [3.63, 3.8) is 0 Å². The number of amides is 1. The number of carbonyl (C=O) groups is 1. The third kappa shape index (κ3) is 3.02. The minimum atomic E-state index is 0.190. The van der Waals surface area contributed by atoms with Gasteiger partial charge in [0, 0.05) is 32.0 Å². The van der Waals surface area contributed by atoms with E-state index in [1.807, 2.05) is 4.90 Å². The Labute approximate surface area is 131 Å². The average Bonchev–Trinajstić information content (AvgIpc) is 3.16. The number of aromatic nitrogens is 2. The number of hydrogen-bond donors (Lipinski definition) is 0. The SMILES string of the molecule is CC(=O)N1CCC(N2CCC[C@@H]2c2nc(C(C)C)no2)CC1. The summed E-state index contributed by atoms with van der Waals surface area (Å²) >= 11 is 0. The molecular weight excluding hydrogens is 280 g/mol. The summed E-state index contributed by atoms with van der Waals surface area (Å²) in [7, 11) is 0. The van der Waals surface area contributed by atoms with Crippen molar-refractivity contribution in [2.45, 2.75) is 64.5 Å². The summed E-state index contributed by atoms with van der Waals surface area (Å²) in [6.07, 6.45) is 4.35. The molecule has 0 radical (unpaired) electrons. The van der Waals surface area contributed by atoms with Gasteiger partial charge in [-0.15, -0.1) is 0 Å². The zero-order valence-electron chi connectivity index (χ0n) is 13.8. The Balaban J connectivity index is 1.67. The second kappa shape index (κ2) is 6.36. The lowest BCUT2D eigenvalue weighted by atomic mass is 10.0. The molecule has 6 nitrogen and oxygen atoms in total. The van der Waals surface area contributed by atoms with E-state index in [1.165, 1.54) is 6.42 Å². The van der Waals surface area contributed by atoms with Crippen LogP contribution in [0.3, 0.4) is 0 Å². The minimum absolute atomic E-state index is 0.190. The van der Waals surface area contributed by atoms with E-state index >= 15 is 0 Å². The topological polar surface area (TPSA) is 62.5 Å². The molecule has 0 spiro atoms.